The van der Waals surface area contributed by atoms with Crippen molar-refractivity contribution in [2.75, 3.05) is 92.0 Å². The molecule has 8 nitrogen and oxygen atoms in total. The Kier molecular flexibility index (Phi) is 47.0. The largest absolute Gasteiger partial charge is 0.229 e. The fraction of sp³-hybridized carbons (Fsp3) is 1.00. The molecule has 0 saturated heterocycles. The Balaban J connectivity index is -0.0000000883. The zero-order valence-corrected chi connectivity index (χ0v) is 33.2. The Morgan fingerprint density at radius 3 is 0.395 bits per heavy atom. The zero-order valence-electron chi connectivity index (χ0n) is 20.8. The normalized spacial score (nSPS) is 11.2. The summed E-state index contributed by atoms with van der Waals surface area (Å²) in [6.45, 7) is 0. The second-order valence-corrected chi connectivity index (χ2v) is 19.2. The van der Waals surface area contributed by atoms with E-state index in [1.165, 1.54) is 0 Å². The highest BCUT2D eigenvalue weighted by atomic mass is 32.2. The van der Waals surface area contributed by atoms with Gasteiger partial charge in [0.15, 0.2) is 39.3 Å². The van der Waals surface area contributed by atoms with E-state index in [0.717, 1.165) is 0 Å². The predicted molar refractivity (Wildman–Crippen MR) is 206 cm³/mol. The van der Waals surface area contributed by atoms with E-state index in [0.29, 0.717) is 46.0 Å². The van der Waals surface area contributed by atoms with Gasteiger partial charge < -0.3 is 0 Å². The molecule has 38 heavy (non-hydrogen) atoms. The van der Waals surface area contributed by atoms with Gasteiger partial charge in [-0.1, -0.05) is 0 Å². The van der Waals surface area contributed by atoms with Crippen molar-refractivity contribution in [2.45, 2.75) is 0 Å². The lowest BCUT2D eigenvalue weighted by molar-refractivity contribution is 0.597. The van der Waals surface area contributed by atoms with Gasteiger partial charge in [-0.3, -0.25) is 0 Å². The van der Waals surface area contributed by atoms with Crippen LogP contribution in [0.5, 0.6) is 0 Å². The fourth-order valence-electron chi connectivity index (χ4n) is 1.52. The van der Waals surface area contributed by atoms with Crippen LogP contribution in [-0.2, 0) is 39.3 Å². The van der Waals surface area contributed by atoms with E-state index in [9.17, 15) is 33.7 Å². The molecule has 0 aromatic heterocycles. The van der Waals surface area contributed by atoms with Crippen LogP contribution in [0, 0.1) is 0 Å². The molecule has 0 aromatic carbocycles. The molecule has 0 saturated carbocycles. The number of hydrogen-bond acceptors (Lipinski definition) is 16. The van der Waals surface area contributed by atoms with E-state index in [-0.39, 0.29) is 73.0 Å². The topological polar surface area (TPSA) is 137 Å². The number of thiol groups is 8. The molecule has 0 aliphatic heterocycles. The molecule has 0 aliphatic rings. The SMILES string of the molecule is O=S(=O)(CCS)CCS.O=S(=O)(CCS)CCS.O=S(=O)(CCS)CCS.O=S(=O)(CCS)CCS.S.S. The quantitative estimate of drug-likeness (QED) is 0.109. The van der Waals surface area contributed by atoms with Gasteiger partial charge in [-0.15, -0.1) is 0 Å². The summed E-state index contributed by atoms with van der Waals surface area (Å²) in [7, 11) is -11.3. The summed E-state index contributed by atoms with van der Waals surface area (Å²) in [5, 5.41) is 0. The maximum absolute atomic E-state index is 10.7. The first-order valence-electron chi connectivity index (χ1n) is 10.2. The molecule has 0 rings (SSSR count). The average molecular weight is 813 g/mol. The first-order valence-corrected chi connectivity index (χ1v) is 22.5. The van der Waals surface area contributed by atoms with Crippen molar-refractivity contribution < 1.29 is 33.7 Å². The first kappa shape index (κ1) is 53.8. The van der Waals surface area contributed by atoms with Gasteiger partial charge in [-0.25, -0.2) is 33.7 Å². The van der Waals surface area contributed by atoms with Crippen molar-refractivity contribution >= 4 is 167 Å². The highest BCUT2D eigenvalue weighted by Gasteiger charge is 2.08. The molecule has 0 atom stereocenters. The highest BCUT2D eigenvalue weighted by molar-refractivity contribution is 7.94. The van der Waals surface area contributed by atoms with Crippen LogP contribution in [-0.4, -0.2) is 126 Å². The molecule has 0 spiro atoms. The monoisotopic (exact) mass is 812 g/mol. The fourth-order valence-corrected chi connectivity index (χ4v) is 11.2. The van der Waals surface area contributed by atoms with Crippen molar-refractivity contribution in [1.29, 1.82) is 0 Å². The smallest absolute Gasteiger partial charge is 0.151 e. The van der Waals surface area contributed by atoms with E-state index in [4.69, 9.17) is 0 Å². The molecule has 0 aromatic rings. The summed E-state index contributed by atoms with van der Waals surface area (Å²) < 4.78 is 85.9. The van der Waals surface area contributed by atoms with E-state index in [1.807, 2.05) is 0 Å². The average Bonchev–Trinajstić information content (AvgIpc) is 2.69. The van der Waals surface area contributed by atoms with Gasteiger partial charge in [-0.2, -0.15) is 128 Å². The molecule has 22 heteroatoms. The van der Waals surface area contributed by atoms with Crippen molar-refractivity contribution in [2.24, 2.45) is 0 Å². The first-order chi connectivity index (χ1) is 16.5. The van der Waals surface area contributed by atoms with Crippen LogP contribution in [0.15, 0.2) is 0 Å². The zero-order chi connectivity index (χ0) is 29.3. The Morgan fingerprint density at radius 1 is 0.263 bits per heavy atom. The summed E-state index contributed by atoms with van der Waals surface area (Å²) >= 11 is 30.4. The van der Waals surface area contributed by atoms with Crippen LogP contribution in [0.2, 0.25) is 0 Å². The third-order valence-corrected chi connectivity index (χ3v) is 14.0. The lowest BCUT2D eigenvalue weighted by atomic mass is 10.9. The minimum Gasteiger partial charge on any atom is -0.229 e. The highest BCUT2D eigenvalue weighted by Crippen LogP contribution is 1.94. The van der Waals surface area contributed by atoms with Crippen LogP contribution in [0.25, 0.3) is 0 Å². The van der Waals surface area contributed by atoms with Crippen molar-refractivity contribution in [1.82, 2.24) is 0 Å². The van der Waals surface area contributed by atoms with Crippen LogP contribution >= 0.6 is 128 Å². The standard InChI is InChI=1S/4C4H10O2S3.2H2S/c4*5-9(6,3-1-7)4-2-8;;/h4*7-8H,1-4H2;2*1H2. The summed E-state index contributed by atoms with van der Waals surface area (Å²) in [5.74, 6) is 4.50. The van der Waals surface area contributed by atoms with Crippen molar-refractivity contribution in [3.8, 4) is 0 Å². The van der Waals surface area contributed by atoms with E-state index in [1.54, 1.807) is 0 Å². The van der Waals surface area contributed by atoms with Crippen LogP contribution in [0.1, 0.15) is 0 Å². The maximum atomic E-state index is 10.7. The van der Waals surface area contributed by atoms with Crippen LogP contribution in [0.3, 0.4) is 0 Å². The summed E-state index contributed by atoms with van der Waals surface area (Å²) in [5.41, 5.74) is 0. The van der Waals surface area contributed by atoms with Gasteiger partial charge >= 0.3 is 0 Å². The summed E-state index contributed by atoms with van der Waals surface area (Å²) in [4.78, 5) is 0. The molecular formula is C16H44O8S14. The Bertz CT molecular complexity index is 704. The molecule has 0 fully saturated rings. The lowest BCUT2D eigenvalue weighted by Crippen LogP contribution is -2.12. The molecule has 0 radical (unpaired) electrons. The molecule has 0 bridgehead atoms. The van der Waals surface area contributed by atoms with Gasteiger partial charge in [0.2, 0.25) is 0 Å². The summed E-state index contributed by atoms with van der Waals surface area (Å²) in [6, 6.07) is 0. The third-order valence-electron chi connectivity index (χ3n) is 3.22. The molecule has 0 unspecified atom stereocenters. The molecule has 0 heterocycles. The van der Waals surface area contributed by atoms with Crippen LogP contribution in [0.4, 0.5) is 0 Å². The van der Waals surface area contributed by atoms with Gasteiger partial charge in [-0.05, 0) is 0 Å². The number of rotatable bonds is 16. The number of hydrogen-bond donors (Lipinski definition) is 8. The second-order valence-electron chi connectivity index (χ2n) is 6.40. The van der Waals surface area contributed by atoms with Crippen molar-refractivity contribution in [3.05, 3.63) is 0 Å². The Morgan fingerprint density at radius 2 is 0.342 bits per heavy atom. The molecule has 0 N–H and O–H groups in total. The molecule has 240 valence electrons. The Hall–Kier alpha value is 3.30. The van der Waals surface area contributed by atoms with Gasteiger partial charge in [0.05, 0.1) is 46.0 Å². The van der Waals surface area contributed by atoms with Crippen molar-refractivity contribution in [3.63, 3.8) is 0 Å². The van der Waals surface area contributed by atoms with Gasteiger partial charge in [0.25, 0.3) is 0 Å². The van der Waals surface area contributed by atoms with E-state index >= 15 is 0 Å². The van der Waals surface area contributed by atoms with Crippen LogP contribution < -0.4 is 0 Å². The minimum atomic E-state index is -2.83. The molecule has 0 amide bonds. The Labute approximate surface area is 289 Å². The van der Waals surface area contributed by atoms with Gasteiger partial charge in [0.1, 0.15) is 0 Å². The van der Waals surface area contributed by atoms with E-state index in [2.05, 4.69) is 101 Å². The predicted octanol–water partition coefficient (Wildman–Crippen LogP) is 1.27. The number of sulfone groups is 4. The maximum Gasteiger partial charge on any atom is 0.151 e. The van der Waals surface area contributed by atoms with Gasteiger partial charge in [0, 0.05) is 46.0 Å². The lowest BCUT2D eigenvalue weighted by Gasteiger charge is -1.96. The third kappa shape index (κ3) is 46.3. The van der Waals surface area contributed by atoms with E-state index < -0.39 is 39.3 Å². The second kappa shape index (κ2) is 33.2. The minimum absolute atomic E-state index is 0. The molecular weight excluding hydrogens is 769 g/mol. The summed E-state index contributed by atoms with van der Waals surface area (Å²) in [6.07, 6.45) is 0. The molecule has 0 aliphatic carbocycles.